The van der Waals surface area contributed by atoms with E-state index in [1.165, 1.54) is 0 Å². The number of halogens is 1. The van der Waals surface area contributed by atoms with E-state index in [-0.39, 0.29) is 5.78 Å². The lowest BCUT2D eigenvalue weighted by molar-refractivity contribution is 0.0978. The Labute approximate surface area is 133 Å². The number of carbonyl (C=O) groups is 1. The number of hydrogen-bond acceptors (Lipinski definition) is 2. The third-order valence-electron chi connectivity index (χ3n) is 2.98. The highest BCUT2D eigenvalue weighted by atomic mass is 127. The first-order valence-electron chi connectivity index (χ1n) is 6.72. The third-order valence-corrected chi connectivity index (χ3v) is 3.70. The number of unbranched alkanes of at least 4 members (excludes halogenated alkanes) is 1. The van der Waals surface area contributed by atoms with Gasteiger partial charge in [-0.15, -0.1) is 0 Å². The summed E-state index contributed by atoms with van der Waals surface area (Å²) >= 11 is 2.24. The van der Waals surface area contributed by atoms with Gasteiger partial charge in [-0.25, -0.2) is 0 Å². The molecule has 0 unspecified atom stereocenters. The van der Waals surface area contributed by atoms with Gasteiger partial charge < -0.3 is 4.74 Å². The fourth-order valence-electron chi connectivity index (χ4n) is 1.87. The maximum atomic E-state index is 11.9. The zero-order valence-electron chi connectivity index (χ0n) is 11.2. The predicted molar refractivity (Wildman–Crippen MR) is 89.3 cm³/mol. The Kier molecular flexibility index (Phi) is 6.05. The minimum atomic E-state index is 0.209. The van der Waals surface area contributed by atoms with Crippen LogP contribution in [0, 0.1) is 3.57 Å². The van der Waals surface area contributed by atoms with Crippen molar-refractivity contribution in [2.24, 2.45) is 0 Å². The van der Waals surface area contributed by atoms with E-state index in [2.05, 4.69) is 22.6 Å². The molecule has 0 spiro atoms. The van der Waals surface area contributed by atoms with Crippen LogP contribution in [-0.4, -0.2) is 12.4 Å². The number of hydrogen-bond donors (Lipinski definition) is 0. The Morgan fingerprint density at radius 3 is 2.35 bits per heavy atom. The lowest BCUT2D eigenvalue weighted by atomic mass is 10.1. The van der Waals surface area contributed by atoms with Crippen molar-refractivity contribution in [1.29, 1.82) is 0 Å². The summed E-state index contributed by atoms with van der Waals surface area (Å²) in [6, 6.07) is 17.5. The van der Waals surface area contributed by atoms with E-state index >= 15 is 0 Å². The predicted octanol–water partition coefficient (Wildman–Crippen LogP) is 4.72. The molecule has 0 aliphatic rings. The van der Waals surface area contributed by atoms with E-state index < -0.39 is 0 Å². The lowest BCUT2D eigenvalue weighted by Crippen LogP contribution is -2.02. The SMILES string of the molecule is O=C(CCCCOc1ccccc1)c1ccc(I)cc1. The molecule has 2 aromatic rings. The van der Waals surface area contributed by atoms with Gasteiger partial charge in [-0.1, -0.05) is 30.3 Å². The Balaban J connectivity index is 1.66. The molecule has 0 aliphatic heterocycles. The van der Waals surface area contributed by atoms with Crippen LogP contribution in [0.2, 0.25) is 0 Å². The van der Waals surface area contributed by atoms with Crippen LogP contribution >= 0.6 is 22.6 Å². The molecule has 0 saturated heterocycles. The Morgan fingerprint density at radius 1 is 0.950 bits per heavy atom. The maximum Gasteiger partial charge on any atom is 0.162 e. The topological polar surface area (TPSA) is 26.3 Å². The molecule has 2 nitrogen and oxygen atoms in total. The number of Topliss-reactive ketones (excluding diaryl/α,β-unsaturated/α-hetero) is 1. The molecule has 0 amide bonds. The van der Waals surface area contributed by atoms with Gasteiger partial charge in [0.1, 0.15) is 5.75 Å². The largest absolute Gasteiger partial charge is 0.494 e. The highest BCUT2D eigenvalue weighted by Gasteiger charge is 2.05. The van der Waals surface area contributed by atoms with E-state index in [9.17, 15) is 4.79 Å². The van der Waals surface area contributed by atoms with Crippen molar-refractivity contribution < 1.29 is 9.53 Å². The zero-order chi connectivity index (χ0) is 14.2. The first-order valence-corrected chi connectivity index (χ1v) is 7.80. The molecule has 104 valence electrons. The molecule has 0 aliphatic carbocycles. The highest BCUT2D eigenvalue weighted by Crippen LogP contribution is 2.12. The minimum absolute atomic E-state index is 0.209. The molecule has 2 aromatic carbocycles. The van der Waals surface area contributed by atoms with E-state index in [0.29, 0.717) is 13.0 Å². The van der Waals surface area contributed by atoms with Gasteiger partial charge in [-0.3, -0.25) is 4.79 Å². The molecule has 0 radical (unpaired) electrons. The van der Waals surface area contributed by atoms with Crippen LogP contribution in [-0.2, 0) is 0 Å². The second-order valence-electron chi connectivity index (χ2n) is 4.55. The van der Waals surface area contributed by atoms with Crippen LogP contribution < -0.4 is 4.74 Å². The van der Waals surface area contributed by atoms with Crippen molar-refractivity contribution in [3.63, 3.8) is 0 Å². The van der Waals surface area contributed by atoms with Gasteiger partial charge in [0.15, 0.2) is 5.78 Å². The van der Waals surface area contributed by atoms with Crippen LogP contribution in [0.15, 0.2) is 54.6 Å². The van der Waals surface area contributed by atoms with Crippen LogP contribution in [0.3, 0.4) is 0 Å². The summed E-state index contributed by atoms with van der Waals surface area (Å²) in [7, 11) is 0. The van der Waals surface area contributed by atoms with Crippen LogP contribution in [0.1, 0.15) is 29.6 Å². The highest BCUT2D eigenvalue weighted by molar-refractivity contribution is 14.1. The first-order chi connectivity index (χ1) is 9.75. The molecule has 0 saturated carbocycles. The van der Waals surface area contributed by atoms with Gasteiger partial charge in [0.2, 0.25) is 0 Å². The van der Waals surface area contributed by atoms with Gasteiger partial charge in [-0.2, -0.15) is 0 Å². The van der Waals surface area contributed by atoms with E-state index in [1.807, 2.05) is 54.6 Å². The average Bonchev–Trinajstić information content (AvgIpc) is 2.48. The van der Waals surface area contributed by atoms with Gasteiger partial charge in [0.05, 0.1) is 6.61 Å². The summed E-state index contributed by atoms with van der Waals surface area (Å²) in [5.41, 5.74) is 0.800. The summed E-state index contributed by atoms with van der Waals surface area (Å²) in [4.78, 5) is 11.9. The molecule has 2 rings (SSSR count). The van der Waals surface area contributed by atoms with Crippen molar-refractivity contribution in [1.82, 2.24) is 0 Å². The van der Waals surface area contributed by atoms with Crippen LogP contribution in [0.5, 0.6) is 5.75 Å². The second kappa shape index (κ2) is 8.04. The normalized spacial score (nSPS) is 10.2. The fraction of sp³-hybridized carbons (Fsp3) is 0.235. The molecular weight excluding hydrogens is 363 g/mol. The zero-order valence-corrected chi connectivity index (χ0v) is 13.4. The van der Waals surface area contributed by atoms with E-state index in [1.54, 1.807) is 0 Å². The van der Waals surface area contributed by atoms with E-state index in [0.717, 1.165) is 27.7 Å². The van der Waals surface area contributed by atoms with Crippen molar-refractivity contribution >= 4 is 28.4 Å². The number of rotatable bonds is 7. The molecule has 0 bridgehead atoms. The number of ketones is 1. The quantitative estimate of drug-likeness (QED) is 0.395. The average molecular weight is 380 g/mol. The van der Waals surface area contributed by atoms with Crippen molar-refractivity contribution in [2.75, 3.05) is 6.61 Å². The number of benzene rings is 2. The molecule has 0 fully saturated rings. The Bertz CT molecular complexity index is 535. The molecular formula is C17H17IO2. The van der Waals surface area contributed by atoms with Crippen molar-refractivity contribution in [3.8, 4) is 5.75 Å². The third kappa shape index (κ3) is 4.96. The number of carbonyl (C=O) groups excluding carboxylic acids is 1. The molecule has 20 heavy (non-hydrogen) atoms. The first kappa shape index (κ1) is 15.0. The number of ether oxygens (including phenoxy) is 1. The molecule has 0 N–H and O–H groups in total. The molecule has 0 heterocycles. The summed E-state index contributed by atoms with van der Waals surface area (Å²) < 4.78 is 6.75. The smallest absolute Gasteiger partial charge is 0.162 e. The molecule has 0 atom stereocenters. The monoisotopic (exact) mass is 380 g/mol. The summed E-state index contributed by atoms with van der Waals surface area (Å²) in [6.45, 7) is 0.657. The van der Waals surface area contributed by atoms with E-state index in [4.69, 9.17) is 4.74 Å². The van der Waals surface area contributed by atoms with Gasteiger partial charge in [0.25, 0.3) is 0 Å². The fourth-order valence-corrected chi connectivity index (χ4v) is 2.23. The van der Waals surface area contributed by atoms with Gasteiger partial charge in [0, 0.05) is 15.6 Å². The number of para-hydroxylation sites is 1. The maximum absolute atomic E-state index is 11.9. The lowest BCUT2D eigenvalue weighted by Gasteiger charge is -2.05. The van der Waals surface area contributed by atoms with Crippen molar-refractivity contribution in [3.05, 3.63) is 63.7 Å². The summed E-state index contributed by atoms with van der Waals surface area (Å²) in [5.74, 6) is 1.09. The minimum Gasteiger partial charge on any atom is -0.494 e. The molecule has 3 heteroatoms. The standard InChI is InChI=1S/C17H17IO2/c18-15-11-9-14(10-12-15)17(19)8-4-5-13-20-16-6-2-1-3-7-16/h1-3,6-7,9-12H,4-5,8,13H2. The second-order valence-corrected chi connectivity index (χ2v) is 5.79. The molecule has 0 aromatic heterocycles. The summed E-state index contributed by atoms with van der Waals surface area (Å²) in [5, 5.41) is 0. The van der Waals surface area contributed by atoms with Gasteiger partial charge in [-0.05, 0) is 59.7 Å². The Hall–Kier alpha value is -1.36. The van der Waals surface area contributed by atoms with Gasteiger partial charge >= 0.3 is 0 Å². The summed E-state index contributed by atoms with van der Waals surface area (Å²) in [6.07, 6.45) is 2.33. The van der Waals surface area contributed by atoms with Crippen LogP contribution in [0.4, 0.5) is 0 Å². The van der Waals surface area contributed by atoms with Crippen LogP contribution in [0.25, 0.3) is 0 Å². The van der Waals surface area contributed by atoms with Crippen molar-refractivity contribution in [2.45, 2.75) is 19.3 Å². The Morgan fingerprint density at radius 2 is 1.65 bits per heavy atom.